The fourth-order valence-corrected chi connectivity index (χ4v) is 2.95. The van der Waals surface area contributed by atoms with Crippen LogP contribution in [0.5, 0.6) is 0 Å². The van der Waals surface area contributed by atoms with Crippen LogP contribution in [-0.4, -0.2) is 44.8 Å². The van der Waals surface area contributed by atoms with E-state index in [-0.39, 0.29) is 0 Å². The molecule has 0 aromatic heterocycles. The Morgan fingerprint density at radius 2 is 1.95 bits per heavy atom. The standard InChI is InChI=1S/C17H28N2O/c1-3-18-13-17(16-7-5-4-6-8-16)19(2)14-15-9-11-20-12-10-15/h4-8,15,17-18H,3,9-14H2,1-2H3. The van der Waals surface area contributed by atoms with Crippen LogP contribution >= 0.6 is 0 Å². The molecule has 0 radical (unpaired) electrons. The van der Waals surface area contributed by atoms with Crippen molar-refractivity contribution < 1.29 is 4.74 Å². The Morgan fingerprint density at radius 1 is 1.25 bits per heavy atom. The number of hydrogen-bond acceptors (Lipinski definition) is 3. The lowest BCUT2D eigenvalue weighted by Gasteiger charge is -2.33. The molecule has 0 bridgehead atoms. The van der Waals surface area contributed by atoms with E-state index in [4.69, 9.17) is 4.74 Å². The zero-order valence-electron chi connectivity index (χ0n) is 12.8. The largest absolute Gasteiger partial charge is 0.381 e. The van der Waals surface area contributed by atoms with Gasteiger partial charge in [0.2, 0.25) is 0 Å². The lowest BCUT2D eigenvalue weighted by Crippen LogP contribution is -2.37. The van der Waals surface area contributed by atoms with E-state index in [0.29, 0.717) is 6.04 Å². The molecule has 1 N–H and O–H groups in total. The number of hydrogen-bond donors (Lipinski definition) is 1. The van der Waals surface area contributed by atoms with Gasteiger partial charge in [0, 0.05) is 32.3 Å². The van der Waals surface area contributed by atoms with Crippen molar-refractivity contribution in [2.24, 2.45) is 5.92 Å². The van der Waals surface area contributed by atoms with Crippen molar-refractivity contribution in [3.8, 4) is 0 Å². The minimum Gasteiger partial charge on any atom is -0.381 e. The molecule has 112 valence electrons. The van der Waals surface area contributed by atoms with Gasteiger partial charge in [-0.25, -0.2) is 0 Å². The Balaban J connectivity index is 1.97. The molecule has 3 heteroatoms. The summed E-state index contributed by atoms with van der Waals surface area (Å²) in [5.74, 6) is 0.779. The molecule has 0 aliphatic carbocycles. The van der Waals surface area contributed by atoms with E-state index < -0.39 is 0 Å². The van der Waals surface area contributed by atoms with Gasteiger partial charge in [-0.1, -0.05) is 37.3 Å². The molecular formula is C17H28N2O. The molecule has 1 aromatic carbocycles. The molecule has 1 fully saturated rings. The van der Waals surface area contributed by atoms with E-state index in [1.807, 2.05) is 0 Å². The van der Waals surface area contributed by atoms with Gasteiger partial charge in [0.1, 0.15) is 0 Å². The summed E-state index contributed by atoms with van der Waals surface area (Å²) >= 11 is 0. The van der Waals surface area contributed by atoms with E-state index in [1.165, 1.54) is 18.4 Å². The van der Waals surface area contributed by atoms with E-state index in [9.17, 15) is 0 Å². The van der Waals surface area contributed by atoms with Crippen LogP contribution in [0.4, 0.5) is 0 Å². The first-order chi connectivity index (χ1) is 9.81. The van der Waals surface area contributed by atoms with Crippen molar-refractivity contribution in [2.75, 3.05) is 39.9 Å². The van der Waals surface area contributed by atoms with E-state index >= 15 is 0 Å². The minimum atomic E-state index is 0.457. The fourth-order valence-electron chi connectivity index (χ4n) is 2.95. The average molecular weight is 276 g/mol. The number of ether oxygens (including phenoxy) is 1. The Bertz CT molecular complexity index is 363. The van der Waals surface area contributed by atoms with Gasteiger partial charge in [0.25, 0.3) is 0 Å². The van der Waals surface area contributed by atoms with Crippen LogP contribution < -0.4 is 5.32 Å². The molecule has 0 amide bonds. The highest BCUT2D eigenvalue weighted by Crippen LogP contribution is 2.23. The molecule has 1 saturated heterocycles. The van der Waals surface area contributed by atoms with Gasteiger partial charge in [0.05, 0.1) is 0 Å². The van der Waals surface area contributed by atoms with Crippen molar-refractivity contribution in [3.63, 3.8) is 0 Å². The normalized spacial score (nSPS) is 18.4. The van der Waals surface area contributed by atoms with Crippen molar-refractivity contribution in [1.29, 1.82) is 0 Å². The Morgan fingerprint density at radius 3 is 2.60 bits per heavy atom. The average Bonchev–Trinajstić information content (AvgIpc) is 2.50. The smallest absolute Gasteiger partial charge is 0.0469 e. The zero-order valence-corrected chi connectivity index (χ0v) is 12.8. The summed E-state index contributed by atoms with van der Waals surface area (Å²) < 4.78 is 5.46. The maximum absolute atomic E-state index is 5.46. The molecule has 1 aromatic rings. The van der Waals surface area contributed by atoms with Gasteiger partial charge < -0.3 is 10.1 Å². The molecule has 20 heavy (non-hydrogen) atoms. The van der Waals surface area contributed by atoms with Gasteiger partial charge in [-0.05, 0) is 37.9 Å². The number of rotatable bonds is 7. The molecule has 1 atom stereocenters. The van der Waals surface area contributed by atoms with Crippen molar-refractivity contribution >= 4 is 0 Å². The van der Waals surface area contributed by atoms with E-state index in [0.717, 1.165) is 38.8 Å². The minimum absolute atomic E-state index is 0.457. The Kier molecular flexibility index (Phi) is 6.51. The highest BCUT2D eigenvalue weighted by Gasteiger charge is 2.21. The highest BCUT2D eigenvalue weighted by molar-refractivity contribution is 5.19. The summed E-state index contributed by atoms with van der Waals surface area (Å²) in [7, 11) is 2.25. The summed E-state index contributed by atoms with van der Waals surface area (Å²) in [6.07, 6.45) is 2.40. The molecule has 1 heterocycles. The molecule has 1 aliphatic heterocycles. The highest BCUT2D eigenvalue weighted by atomic mass is 16.5. The van der Waals surface area contributed by atoms with Crippen LogP contribution in [0.2, 0.25) is 0 Å². The zero-order chi connectivity index (χ0) is 14.2. The third-order valence-corrected chi connectivity index (χ3v) is 4.19. The van der Waals surface area contributed by atoms with Gasteiger partial charge in [-0.3, -0.25) is 4.90 Å². The van der Waals surface area contributed by atoms with Crippen LogP contribution in [0.25, 0.3) is 0 Å². The van der Waals surface area contributed by atoms with Crippen LogP contribution in [0.3, 0.4) is 0 Å². The van der Waals surface area contributed by atoms with Crippen molar-refractivity contribution in [3.05, 3.63) is 35.9 Å². The van der Waals surface area contributed by atoms with Crippen LogP contribution in [-0.2, 0) is 4.74 Å². The maximum Gasteiger partial charge on any atom is 0.0469 e. The number of benzene rings is 1. The number of nitrogens with zero attached hydrogens (tertiary/aromatic N) is 1. The summed E-state index contributed by atoms with van der Waals surface area (Å²) in [5.41, 5.74) is 1.41. The summed E-state index contributed by atoms with van der Waals surface area (Å²) in [6, 6.07) is 11.3. The van der Waals surface area contributed by atoms with E-state index in [2.05, 4.69) is 54.5 Å². The topological polar surface area (TPSA) is 24.5 Å². The number of nitrogens with one attached hydrogen (secondary N) is 1. The number of likely N-dealkylation sites (N-methyl/N-ethyl adjacent to an activating group) is 2. The molecule has 3 nitrogen and oxygen atoms in total. The lowest BCUT2D eigenvalue weighted by molar-refractivity contribution is 0.0502. The van der Waals surface area contributed by atoms with Gasteiger partial charge in [-0.15, -0.1) is 0 Å². The summed E-state index contributed by atoms with van der Waals surface area (Å²) in [4.78, 5) is 2.51. The Labute approximate surface area is 123 Å². The molecule has 1 unspecified atom stereocenters. The second kappa shape index (κ2) is 8.40. The molecule has 0 saturated carbocycles. The molecule has 2 rings (SSSR count). The second-order valence-corrected chi connectivity index (χ2v) is 5.73. The van der Waals surface area contributed by atoms with Crippen molar-refractivity contribution in [1.82, 2.24) is 10.2 Å². The first-order valence-electron chi connectivity index (χ1n) is 7.85. The lowest BCUT2D eigenvalue weighted by atomic mass is 9.97. The first-order valence-corrected chi connectivity index (χ1v) is 7.85. The van der Waals surface area contributed by atoms with Gasteiger partial charge in [-0.2, -0.15) is 0 Å². The third-order valence-electron chi connectivity index (χ3n) is 4.19. The predicted molar refractivity (Wildman–Crippen MR) is 83.9 cm³/mol. The van der Waals surface area contributed by atoms with Crippen LogP contribution in [0, 0.1) is 5.92 Å². The molecule has 0 spiro atoms. The second-order valence-electron chi connectivity index (χ2n) is 5.73. The van der Waals surface area contributed by atoms with Crippen LogP contribution in [0.15, 0.2) is 30.3 Å². The van der Waals surface area contributed by atoms with Gasteiger partial charge >= 0.3 is 0 Å². The molecule has 1 aliphatic rings. The summed E-state index contributed by atoms with van der Waals surface area (Å²) in [5, 5.41) is 3.50. The van der Waals surface area contributed by atoms with E-state index in [1.54, 1.807) is 0 Å². The summed E-state index contributed by atoms with van der Waals surface area (Å²) in [6.45, 7) is 7.23. The van der Waals surface area contributed by atoms with Crippen molar-refractivity contribution in [2.45, 2.75) is 25.8 Å². The van der Waals surface area contributed by atoms with Gasteiger partial charge in [0.15, 0.2) is 0 Å². The monoisotopic (exact) mass is 276 g/mol. The van der Waals surface area contributed by atoms with Crippen LogP contribution in [0.1, 0.15) is 31.4 Å². The first kappa shape index (κ1) is 15.5. The Hall–Kier alpha value is -0.900. The maximum atomic E-state index is 5.46. The quantitative estimate of drug-likeness (QED) is 0.828. The predicted octanol–water partition coefficient (Wildman–Crippen LogP) is 2.70. The third kappa shape index (κ3) is 4.58. The molecular weight excluding hydrogens is 248 g/mol. The SMILES string of the molecule is CCNCC(c1ccccc1)N(C)CC1CCOCC1. The fraction of sp³-hybridized carbons (Fsp3) is 0.647.